The first-order chi connectivity index (χ1) is 25.6. The largest absolute Gasteiger partial charge is 1.00 e. The van der Waals surface area contributed by atoms with Gasteiger partial charge in [-0.15, -0.1) is 0 Å². The summed E-state index contributed by atoms with van der Waals surface area (Å²) >= 11 is 12.3. The fourth-order valence-corrected chi connectivity index (χ4v) is 6.66. The summed E-state index contributed by atoms with van der Waals surface area (Å²) in [5.74, 6) is 0. The number of hydrogen-bond donors (Lipinski definition) is 5. The molecule has 6 aromatic rings. The van der Waals surface area contributed by atoms with Gasteiger partial charge in [0.25, 0.3) is 10.1 Å². The van der Waals surface area contributed by atoms with Gasteiger partial charge < -0.3 is 14.5 Å². The van der Waals surface area contributed by atoms with Crippen LogP contribution in [0.2, 0.25) is 10.6 Å². The van der Waals surface area contributed by atoms with E-state index in [1.807, 2.05) is 50.2 Å². The smallest absolute Gasteiger partial charge is 0.744 e. The zero-order valence-electron chi connectivity index (χ0n) is 29.0. The van der Waals surface area contributed by atoms with Crippen LogP contribution in [0.25, 0.3) is 12.2 Å². The Bertz CT molecular complexity index is 2780. The minimum atomic E-state index is -5.08. The molecule has 0 spiro atoms. The molecule has 0 bridgehead atoms. The maximum Gasteiger partial charge on any atom is 1.00 e. The molecule has 55 heavy (non-hydrogen) atoms. The summed E-state index contributed by atoms with van der Waals surface area (Å²) in [5.41, 5.74) is 3.34. The molecule has 276 valence electrons. The average Bonchev–Trinajstić information content (AvgIpc) is 3.09. The molecule has 0 atom stereocenters. The van der Waals surface area contributed by atoms with Crippen LogP contribution < -0.4 is 52.0 Å². The SMILES string of the molecule is Cc1ccccc1N=c1[nH]c(Cl)nc(=Nc2ccc(/C=C/c3ccc(N=c4nc(Cl)[nH]c(=Nc5ccccc5C)[nH]4)cc3S(=O)(=O)O)c(S(=O)(=O)[O-])c2)[nH]1.[Na+]. The second kappa shape index (κ2) is 17.4. The van der Waals surface area contributed by atoms with Gasteiger partial charge in [-0.2, -0.15) is 18.4 Å². The fraction of sp³-hybridized carbons (Fsp3) is 0.0588. The quantitative estimate of drug-likeness (QED) is 0.0860. The Hall–Kier alpha value is -4.76. The average molecular weight is 830 g/mol. The first-order valence-corrected chi connectivity index (χ1v) is 19.1. The number of H-pyrrole nitrogens is 4. The van der Waals surface area contributed by atoms with Crippen molar-refractivity contribution in [1.82, 2.24) is 29.9 Å². The van der Waals surface area contributed by atoms with E-state index < -0.39 is 30.0 Å². The van der Waals surface area contributed by atoms with Crippen LogP contribution in [0, 0.1) is 13.8 Å². The standard InChI is InChI=1S/C34H28Cl2N10O6S2.Na/c1-19-7-3-5-9-25(19)39-33-43-29(35)41-31(45-33)37-23-15-13-21(27(17-23)53(47,48)49)11-12-22-14-16-24(18-28(22)54(50,51)52)38-32-42-30(36)44-34(46-32)40-26-10-6-4-8-20(26)2;/h3-18H,1-2H3,(H,47,48,49)(H,50,51,52)(H2,37,39,41,43,45)(H2,38,40,42,44,46);/q;+1/p-1/b12-11+;. The molecule has 2 aromatic heterocycles. The van der Waals surface area contributed by atoms with Crippen LogP contribution in [0.15, 0.2) is 115 Å². The minimum absolute atomic E-state index is 0. The van der Waals surface area contributed by atoms with Gasteiger partial charge in [-0.1, -0.05) is 60.7 Å². The van der Waals surface area contributed by atoms with Gasteiger partial charge >= 0.3 is 29.6 Å². The van der Waals surface area contributed by atoms with E-state index in [-0.39, 0.29) is 85.1 Å². The van der Waals surface area contributed by atoms with Crippen molar-refractivity contribution in [3.63, 3.8) is 0 Å². The van der Waals surface area contributed by atoms with Crippen molar-refractivity contribution in [1.29, 1.82) is 0 Å². The molecule has 0 saturated heterocycles. The van der Waals surface area contributed by atoms with Gasteiger partial charge in [0.2, 0.25) is 33.0 Å². The third-order valence-corrected chi connectivity index (χ3v) is 9.62. The maximum absolute atomic E-state index is 12.5. The number of para-hydroxylation sites is 2. The molecule has 0 radical (unpaired) electrons. The van der Waals surface area contributed by atoms with Crippen molar-refractivity contribution in [2.45, 2.75) is 23.6 Å². The Morgan fingerprint density at radius 3 is 1.47 bits per heavy atom. The van der Waals surface area contributed by atoms with Crippen molar-refractivity contribution in [2.24, 2.45) is 20.0 Å². The normalized spacial score (nSPS) is 13.4. The molecular weight excluding hydrogens is 802 g/mol. The Morgan fingerprint density at radius 2 is 1.05 bits per heavy atom. The molecule has 0 fully saturated rings. The predicted molar refractivity (Wildman–Crippen MR) is 199 cm³/mol. The van der Waals surface area contributed by atoms with Gasteiger partial charge in [0, 0.05) is 0 Å². The van der Waals surface area contributed by atoms with Crippen molar-refractivity contribution in [3.05, 3.63) is 140 Å². The molecule has 0 amide bonds. The third kappa shape index (κ3) is 10.9. The molecular formula is C34H27Cl2N10NaO6S2. The summed E-state index contributed by atoms with van der Waals surface area (Å²) in [4.78, 5) is 35.7. The minimum Gasteiger partial charge on any atom is -0.744 e. The van der Waals surface area contributed by atoms with E-state index in [4.69, 9.17) is 23.2 Å². The molecule has 0 aliphatic heterocycles. The van der Waals surface area contributed by atoms with E-state index in [1.54, 1.807) is 12.1 Å². The maximum atomic E-state index is 12.5. The summed E-state index contributed by atoms with van der Waals surface area (Å²) in [6.45, 7) is 3.75. The van der Waals surface area contributed by atoms with Gasteiger partial charge in [-0.3, -0.25) is 14.5 Å². The number of aromatic amines is 4. The van der Waals surface area contributed by atoms with Crippen molar-refractivity contribution in [3.8, 4) is 0 Å². The molecule has 21 heteroatoms. The number of hydrogen-bond acceptors (Lipinski definition) is 11. The van der Waals surface area contributed by atoms with Gasteiger partial charge in [0.05, 0.1) is 27.6 Å². The summed E-state index contributed by atoms with van der Waals surface area (Å²) < 4.78 is 72.0. The molecule has 2 heterocycles. The van der Waals surface area contributed by atoms with Crippen molar-refractivity contribution < 1.29 is 55.5 Å². The Balaban J connectivity index is 0.00000580. The number of halogens is 2. The Kier molecular flexibility index (Phi) is 13.1. The predicted octanol–water partition coefficient (Wildman–Crippen LogP) is 1.97. The van der Waals surface area contributed by atoms with E-state index in [9.17, 15) is 25.9 Å². The monoisotopic (exact) mass is 828 g/mol. The van der Waals surface area contributed by atoms with Gasteiger partial charge in [0.15, 0.2) is 0 Å². The number of benzene rings is 4. The topological polar surface area (TPSA) is 250 Å². The summed E-state index contributed by atoms with van der Waals surface area (Å²) in [6, 6.07) is 22.2. The zero-order chi connectivity index (χ0) is 38.6. The molecule has 4 aromatic carbocycles. The molecule has 0 aliphatic rings. The van der Waals surface area contributed by atoms with Crippen LogP contribution in [0.3, 0.4) is 0 Å². The van der Waals surface area contributed by atoms with E-state index in [2.05, 4.69) is 49.9 Å². The molecule has 16 nitrogen and oxygen atoms in total. The molecule has 5 N–H and O–H groups in total. The van der Waals surface area contributed by atoms with E-state index in [0.717, 1.165) is 23.3 Å². The van der Waals surface area contributed by atoms with Gasteiger partial charge in [-0.25, -0.2) is 28.4 Å². The Labute approximate surface area is 345 Å². The molecule has 0 saturated carbocycles. The van der Waals surface area contributed by atoms with Crippen LogP contribution in [0.4, 0.5) is 22.7 Å². The van der Waals surface area contributed by atoms with Crippen molar-refractivity contribution in [2.75, 3.05) is 0 Å². The Morgan fingerprint density at radius 1 is 0.636 bits per heavy atom. The number of aryl methyl sites for hydroxylation is 2. The van der Waals surface area contributed by atoms with Crippen LogP contribution >= 0.6 is 23.2 Å². The van der Waals surface area contributed by atoms with Crippen LogP contribution in [0.5, 0.6) is 0 Å². The second-order valence-corrected chi connectivity index (χ2v) is 14.8. The van der Waals surface area contributed by atoms with E-state index in [0.29, 0.717) is 11.4 Å². The van der Waals surface area contributed by atoms with Gasteiger partial charge in [-0.05, 0) is 95.7 Å². The third-order valence-electron chi connectivity index (χ3n) is 7.46. The summed E-state index contributed by atoms with van der Waals surface area (Å²) in [7, 11) is -9.92. The number of rotatable bonds is 8. The van der Waals surface area contributed by atoms with E-state index >= 15 is 0 Å². The molecule has 6 rings (SSSR count). The van der Waals surface area contributed by atoms with Crippen LogP contribution in [-0.4, -0.2) is 55.8 Å². The second-order valence-electron chi connectivity index (χ2n) is 11.4. The molecule has 0 aliphatic carbocycles. The summed E-state index contributed by atoms with van der Waals surface area (Å²) in [6.07, 6.45) is 2.42. The first kappa shape index (κ1) is 41.4. The van der Waals surface area contributed by atoms with Crippen LogP contribution in [-0.2, 0) is 20.2 Å². The van der Waals surface area contributed by atoms with Crippen molar-refractivity contribution >= 4 is 78.3 Å². The fourth-order valence-electron chi connectivity index (χ4n) is 4.93. The van der Waals surface area contributed by atoms with Crippen LogP contribution in [0.1, 0.15) is 22.3 Å². The molecule has 0 unspecified atom stereocenters. The van der Waals surface area contributed by atoms with Gasteiger partial charge in [0.1, 0.15) is 15.0 Å². The van der Waals surface area contributed by atoms with E-state index in [1.165, 1.54) is 36.4 Å². The first-order valence-electron chi connectivity index (χ1n) is 15.5. The zero-order valence-corrected chi connectivity index (χ0v) is 34.1. The number of aromatic nitrogens is 6. The number of nitrogens with one attached hydrogen (secondary N) is 4. The number of nitrogens with zero attached hydrogens (tertiary/aromatic N) is 6. The summed E-state index contributed by atoms with van der Waals surface area (Å²) in [5, 5.41) is -0.125.